The lowest BCUT2D eigenvalue weighted by atomic mass is 9.98. The van der Waals surface area contributed by atoms with E-state index in [0.717, 1.165) is 50.3 Å². The zero-order valence-electron chi connectivity index (χ0n) is 18.1. The molecule has 3 rings (SSSR count). The fourth-order valence-corrected chi connectivity index (χ4v) is 3.78. The van der Waals surface area contributed by atoms with E-state index in [2.05, 4.69) is 73.4 Å². The van der Waals surface area contributed by atoms with E-state index in [1.54, 1.807) is 6.33 Å². The van der Waals surface area contributed by atoms with Crippen LogP contribution in [0, 0.1) is 5.92 Å². The molecule has 1 aromatic heterocycles. The van der Waals surface area contributed by atoms with E-state index in [9.17, 15) is 0 Å². The SMILES string of the molecule is CCc1nncn1CCNC(=NC)NCc1ccccc1CN1CCC(C)CC1. The molecule has 2 N–H and O–H groups in total. The molecule has 0 aliphatic carbocycles. The number of aliphatic imine (C=N–C) groups is 1. The third kappa shape index (κ3) is 6.29. The Morgan fingerprint density at radius 1 is 1.17 bits per heavy atom. The zero-order valence-corrected chi connectivity index (χ0v) is 18.1. The molecule has 1 aliphatic rings. The van der Waals surface area contributed by atoms with Gasteiger partial charge < -0.3 is 15.2 Å². The second kappa shape index (κ2) is 11.0. The fraction of sp³-hybridized carbons (Fsp3) is 0.591. The summed E-state index contributed by atoms with van der Waals surface area (Å²) in [6.07, 6.45) is 5.29. The van der Waals surface area contributed by atoms with E-state index in [1.165, 1.54) is 37.1 Å². The molecule has 29 heavy (non-hydrogen) atoms. The summed E-state index contributed by atoms with van der Waals surface area (Å²) in [6, 6.07) is 8.73. The third-order valence-electron chi connectivity index (χ3n) is 5.72. The Labute approximate surface area is 174 Å². The lowest BCUT2D eigenvalue weighted by molar-refractivity contribution is 0.185. The van der Waals surface area contributed by atoms with Crippen molar-refractivity contribution >= 4 is 5.96 Å². The molecule has 1 saturated heterocycles. The van der Waals surface area contributed by atoms with E-state index in [1.807, 2.05) is 7.05 Å². The number of hydrogen-bond acceptors (Lipinski definition) is 4. The lowest BCUT2D eigenvalue weighted by Crippen LogP contribution is -2.39. The van der Waals surface area contributed by atoms with Gasteiger partial charge in [0.2, 0.25) is 0 Å². The van der Waals surface area contributed by atoms with Gasteiger partial charge in [0.1, 0.15) is 12.2 Å². The predicted octanol–water partition coefficient (Wildman–Crippen LogP) is 2.44. The number of nitrogens with one attached hydrogen (secondary N) is 2. The van der Waals surface area contributed by atoms with Gasteiger partial charge in [-0.05, 0) is 43.0 Å². The van der Waals surface area contributed by atoms with Crippen molar-refractivity contribution in [2.24, 2.45) is 10.9 Å². The largest absolute Gasteiger partial charge is 0.355 e. The Morgan fingerprint density at radius 3 is 2.66 bits per heavy atom. The van der Waals surface area contributed by atoms with Crippen LogP contribution < -0.4 is 10.6 Å². The molecule has 1 fully saturated rings. The monoisotopic (exact) mass is 397 g/mol. The lowest BCUT2D eigenvalue weighted by Gasteiger charge is -2.30. The van der Waals surface area contributed by atoms with Crippen LogP contribution in [0.4, 0.5) is 0 Å². The number of aromatic nitrogens is 3. The van der Waals surface area contributed by atoms with Crippen molar-refractivity contribution in [3.63, 3.8) is 0 Å². The van der Waals surface area contributed by atoms with Crippen LogP contribution in [0.5, 0.6) is 0 Å². The summed E-state index contributed by atoms with van der Waals surface area (Å²) in [5.41, 5.74) is 2.74. The molecule has 0 unspecified atom stereocenters. The van der Waals surface area contributed by atoms with Gasteiger partial charge in [-0.3, -0.25) is 9.89 Å². The van der Waals surface area contributed by atoms with Crippen LogP contribution in [-0.2, 0) is 26.1 Å². The molecule has 2 aromatic rings. The first-order chi connectivity index (χ1) is 14.2. The van der Waals surface area contributed by atoms with Crippen molar-refractivity contribution < 1.29 is 0 Å². The van der Waals surface area contributed by atoms with Crippen molar-refractivity contribution in [2.75, 3.05) is 26.7 Å². The second-order valence-electron chi connectivity index (χ2n) is 7.87. The minimum Gasteiger partial charge on any atom is -0.355 e. The average Bonchev–Trinajstić information content (AvgIpc) is 3.20. The quantitative estimate of drug-likeness (QED) is 0.529. The molecule has 7 nitrogen and oxygen atoms in total. The van der Waals surface area contributed by atoms with Crippen molar-refractivity contribution in [2.45, 2.75) is 52.7 Å². The molecule has 7 heteroatoms. The summed E-state index contributed by atoms with van der Waals surface area (Å²) in [5.74, 6) is 2.69. The summed E-state index contributed by atoms with van der Waals surface area (Å²) < 4.78 is 2.08. The number of rotatable bonds is 8. The van der Waals surface area contributed by atoms with Gasteiger partial charge in [0, 0.05) is 39.6 Å². The highest BCUT2D eigenvalue weighted by molar-refractivity contribution is 5.79. The van der Waals surface area contributed by atoms with Gasteiger partial charge in [-0.25, -0.2) is 0 Å². The number of likely N-dealkylation sites (tertiary alicyclic amines) is 1. The molecule has 2 heterocycles. The van der Waals surface area contributed by atoms with Gasteiger partial charge in [0.05, 0.1) is 0 Å². The summed E-state index contributed by atoms with van der Waals surface area (Å²) in [6.45, 7) is 10.3. The maximum atomic E-state index is 4.36. The minimum atomic E-state index is 0.771. The smallest absolute Gasteiger partial charge is 0.191 e. The first kappa shape index (κ1) is 21.3. The molecule has 1 aromatic carbocycles. The van der Waals surface area contributed by atoms with Gasteiger partial charge in [-0.1, -0.05) is 38.1 Å². The molecule has 1 aliphatic heterocycles. The van der Waals surface area contributed by atoms with Crippen LogP contribution in [0.25, 0.3) is 0 Å². The van der Waals surface area contributed by atoms with Gasteiger partial charge in [0.15, 0.2) is 5.96 Å². The molecule has 0 radical (unpaired) electrons. The highest BCUT2D eigenvalue weighted by Crippen LogP contribution is 2.19. The molecule has 158 valence electrons. The van der Waals surface area contributed by atoms with Gasteiger partial charge in [0.25, 0.3) is 0 Å². The average molecular weight is 398 g/mol. The number of piperidine rings is 1. The van der Waals surface area contributed by atoms with Crippen molar-refractivity contribution in [1.29, 1.82) is 0 Å². The van der Waals surface area contributed by atoms with Crippen LogP contribution in [-0.4, -0.2) is 52.3 Å². The van der Waals surface area contributed by atoms with E-state index in [0.29, 0.717) is 0 Å². The van der Waals surface area contributed by atoms with Crippen LogP contribution >= 0.6 is 0 Å². The Bertz CT molecular complexity index is 775. The summed E-state index contributed by atoms with van der Waals surface area (Å²) in [7, 11) is 1.81. The zero-order chi connectivity index (χ0) is 20.5. The fourth-order valence-electron chi connectivity index (χ4n) is 3.78. The van der Waals surface area contributed by atoms with Crippen LogP contribution in [0.15, 0.2) is 35.6 Å². The number of nitrogens with zero attached hydrogens (tertiary/aromatic N) is 5. The predicted molar refractivity (Wildman–Crippen MR) is 118 cm³/mol. The molecule has 0 amide bonds. The topological polar surface area (TPSA) is 70.4 Å². The van der Waals surface area contributed by atoms with Crippen molar-refractivity contribution in [1.82, 2.24) is 30.3 Å². The maximum absolute atomic E-state index is 4.36. The molecular weight excluding hydrogens is 362 g/mol. The molecule has 0 spiro atoms. The van der Waals surface area contributed by atoms with E-state index >= 15 is 0 Å². The van der Waals surface area contributed by atoms with Crippen molar-refractivity contribution in [3.05, 3.63) is 47.5 Å². The van der Waals surface area contributed by atoms with E-state index < -0.39 is 0 Å². The molecule has 0 atom stereocenters. The first-order valence-electron chi connectivity index (χ1n) is 10.8. The minimum absolute atomic E-state index is 0.771. The first-order valence-corrected chi connectivity index (χ1v) is 10.8. The summed E-state index contributed by atoms with van der Waals surface area (Å²) in [5, 5.41) is 15.0. The molecule has 0 bridgehead atoms. The number of aryl methyl sites for hydroxylation is 1. The summed E-state index contributed by atoms with van der Waals surface area (Å²) in [4.78, 5) is 6.94. The molecular formula is C22H35N7. The highest BCUT2D eigenvalue weighted by Gasteiger charge is 2.16. The van der Waals surface area contributed by atoms with Gasteiger partial charge in [-0.15, -0.1) is 10.2 Å². The van der Waals surface area contributed by atoms with Gasteiger partial charge >= 0.3 is 0 Å². The Balaban J connectivity index is 1.49. The number of benzene rings is 1. The standard InChI is InChI=1S/C22H35N7/c1-4-21-27-26-17-29(21)14-11-24-22(23-3)25-15-19-7-5-6-8-20(19)16-28-12-9-18(2)10-13-28/h5-8,17-18H,4,9-16H2,1-3H3,(H2,23,24,25). The Morgan fingerprint density at radius 2 is 1.93 bits per heavy atom. The number of hydrogen-bond donors (Lipinski definition) is 2. The molecule has 0 saturated carbocycles. The van der Waals surface area contributed by atoms with Gasteiger partial charge in [-0.2, -0.15) is 0 Å². The summed E-state index contributed by atoms with van der Waals surface area (Å²) >= 11 is 0. The maximum Gasteiger partial charge on any atom is 0.191 e. The van der Waals surface area contributed by atoms with Crippen molar-refractivity contribution in [3.8, 4) is 0 Å². The second-order valence-corrected chi connectivity index (χ2v) is 7.87. The number of guanidine groups is 1. The highest BCUT2D eigenvalue weighted by atomic mass is 15.3. The van der Waals surface area contributed by atoms with Crippen LogP contribution in [0.2, 0.25) is 0 Å². The normalized spacial score (nSPS) is 16.2. The Kier molecular flexibility index (Phi) is 8.04. The third-order valence-corrected chi connectivity index (χ3v) is 5.72. The van der Waals surface area contributed by atoms with E-state index in [-0.39, 0.29) is 0 Å². The van der Waals surface area contributed by atoms with Crippen LogP contribution in [0.1, 0.15) is 43.6 Å². The Hall–Kier alpha value is -2.41. The van der Waals surface area contributed by atoms with Crippen LogP contribution in [0.3, 0.4) is 0 Å². The van der Waals surface area contributed by atoms with E-state index in [4.69, 9.17) is 0 Å².